The number of alkyl halides is 2. The first-order valence-electron chi connectivity index (χ1n) is 1.84. The summed E-state index contributed by atoms with van der Waals surface area (Å²) < 4.78 is 22.1. The van der Waals surface area contributed by atoms with E-state index in [0.29, 0.717) is 0 Å². The third kappa shape index (κ3) is 5.78. The Labute approximate surface area is 39.9 Å². The van der Waals surface area contributed by atoms with E-state index in [-0.39, 0.29) is 0 Å². The van der Waals surface area contributed by atoms with Crippen LogP contribution in [0.4, 0.5) is 8.78 Å². The molecule has 0 saturated carbocycles. The van der Waals surface area contributed by atoms with Gasteiger partial charge in [-0.15, -0.1) is 0 Å². The smallest absolute Gasteiger partial charge is 0.242 e. The van der Waals surface area contributed by atoms with E-state index in [2.05, 4.69) is 5.73 Å². The number of aliphatic hydroxyl groups excluding tert-OH is 1. The van der Waals surface area contributed by atoms with Crippen LogP contribution in [-0.4, -0.2) is 17.8 Å². The van der Waals surface area contributed by atoms with Crippen LogP contribution in [0.2, 0.25) is 0 Å². The number of halogens is 2. The summed E-state index contributed by atoms with van der Waals surface area (Å²) in [6.45, 7) is 0. The highest BCUT2D eigenvalue weighted by molar-refractivity contribution is 4.44. The highest BCUT2D eigenvalue weighted by atomic mass is 19.3. The van der Waals surface area contributed by atoms with Gasteiger partial charge >= 0.3 is 0 Å². The molecule has 0 amide bonds. The molecule has 3 N–H and O–H groups in total. The van der Waals surface area contributed by atoms with E-state index < -0.39 is 19.1 Å². The molecule has 0 aromatic heterocycles. The SMILES string of the molecule is NC(O)CC(F)F. The fraction of sp³-hybridized carbons (Fsp3) is 1.00. The minimum atomic E-state index is -2.50. The molecule has 0 aliphatic heterocycles. The second kappa shape index (κ2) is 2.87. The number of nitrogens with two attached hydrogens (primary N) is 1. The molecule has 0 bridgehead atoms. The maximum absolute atomic E-state index is 11.0. The van der Waals surface area contributed by atoms with E-state index >= 15 is 0 Å². The lowest BCUT2D eigenvalue weighted by Gasteiger charge is -1.99. The van der Waals surface area contributed by atoms with Crippen molar-refractivity contribution in [1.82, 2.24) is 0 Å². The van der Waals surface area contributed by atoms with Gasteiger partial charge in [-0.25, -0.2) is 8.78 Å². The lowest BCUT2D eigenvalue weighted by molar-refractivity contribution is 0.0648. The number of hydrogen-bond donors (Lipinski definition) is 2. The van der Waals surface area contributed by atoms with Crippen molar-refractivity contribution in [1.29, 1.82) is 0 Å². The minimum absolute atomic E-state index is 0.639. The van der Waals surface area contributed by atoms with Gasteiger partial charge in [-0.3, -0.25) is 0 Å². The van der Waals surface area contributed by atoms with Gasteiger partial charge in [0.2, 0.25) is 6.43 Å². The average molecular weight is 111 g/mol. The Morgan fingerprint density at radius 3 is 2.00 bits per heavy atom. The van der Waals surface area contributed by atoms with Crippen molar-refractivity contribution in [2.75, 3.05) is 0 Å². The number of aliphatic hydroxyl groups is 1. The Hall–Kier alpha value is -0.220. The van der Waals surface area contributed by atoms with Gasteiger partial charge < -0.3 is 10.8 Å². The molecule has 0 aromatic rings. The molecular weight excluding hydrogens is 104 g/mol. The minimum Gasteiger partial charge on any atom is -0.379 e. The molecule has 7 heavy (non-hydrogen) atoms. The lowest BCUT2D eigenvalue weighted by Crippen LogP contribution is -2.21. The van der Waals surface area contributed by atoms with Crippen LogP contribution in [-0.2, 0) is 0 Å². The first-order valence-corrected chi connectivity index (χ1v) is 1.84. The Kier molecular flexibility index (Phi) is 2.78. The van der Waals surface area contributed by atoms with Crippen LogP contribution in [0.15, 0.2) is 0 Å². The fourth-order valence-corrected chi connectivity index (χ4v) is 0.183. The molecule has 4 heteroatoms. The molecule has 0 aromatic carbocycles. The van der Waals surface area contributed by atoms with Crippen molar-refractivity contribution in [2.24, 2.45) is 5.73 Å². The van der Waals surface area contributed by atoms with Crippen molar-refractivity contribution < 1.29 is 13.9 Å². The van der Waals surface area contributed by atoms with Gasteiger partial charge in [0, 0.05) is 6.42 Å². The van der Waals surface area contributed by atoms with Crippen molar-refractivity contribution >= 4 is 0 Å². The second-order valence-corrected chi connectivity index (χ2v) is 1.19. The topological polar surface area (TPSA) is 46.2 Å². The third-order valence-corrected chi connectivity index (χ3v) is 0.420. The summed E-state index contributed by atoms with van der Waals surface area (Å²) in [6, 6.07) is 0. The summed E-state index contributed by atoms with van der Waals surface area (Å²) in [7, 11) is 0. The van der Waals surface area contributed by atoms with Crippen LogP contribution in [0.5, 0.6) is 0 Å². The van der Waals surface area contributed by atoms with E-state index in [0.717, 1.165) is 0 Å². The first-order chi connectivity index (χ1) is 3.13. The predicted octanol–water partition coefficient (Wildman–Crippen LogP) is -0.0813. The normalized spacial score (nSPS) is 15.0. The molecule has 0 rings (SSSR count). The van der Waals surface area contributed by atoms with Crippen molar-refractivity contribution in [3.63, 3.8) is 0 Å². The van der Waals surface area contributed by atoms with Gasteiger partial charge in [0.1, 0.15) is 6.23 Å². The first kappa shape index (κ1) is 6.78. The van der Waals surface area contributed by atoms with Gasteiger partial charge in [0.25, 0.3) is 0 Å². The van der Waals surface area contributed by atoms with E-state index in [1.54, 1.807) is 0 Å². The van der Waals surface area contributed by atoms with Gasteiger partial charge in [-0.05, 0) is 0 Å². The van der Waals surface area contributed by atoms with E-state index in [9.17, 15) is 8.78 Å². The molecule has 44 valence electrons. The molecule has 0 spiro atoms. The van der Waals surface area contributed by atoms with Crippen LogP contribution in [0, 0.1) is 0 Å². The zero-order chi connectivity index (χ0) is 5.86. The van der Waals surface area contributed by atoms with Crippen LogP contribution in [0.3, 0.4) is 0 Å². The second-order valence-electron chi connectivity index (χ2n) is 1.19. The average Bonchev–Trinajstić information content (AvgIpc) is 1.27. The van der Waals surface area contributed by atoms with Crippen LogP contribution >= 0.6 is 0 Å². The predicted molar refractivity (Wildman–Crippen MR) is 20.8 cm³/mol. The molecule has 0 heterocycles. The molecule has 0 radical (unpaired) electrons. The van der Waals surface area contributed by atoms with Gasteiger partial charge in [0.05, 0.1) is 0 Å². The Bertz CT molecular complexity index is 42.2. The van der Waals surface area contributed by atoms with E-state index in [1.807, 2.05) is 0 Å². The van der Waals surface area contributed by atoms with E-state index in [4.69, 9.17) is 5.11 Å². The molecule has 1 unspecified atom stereocenters. The maximum atomic E-state index is 11.0. The summed E-state index contributed by atoms with van der Waals surface area (Å²) in [4.78, 5) is 0. The van der Waals surface area contributed by atoms with Crippen LogP contribution in [0.25, 0.3) is 0 Å². The zero-order valence-electron chi connectivity index (χ0n) is 3.64. The van der Waals surface area contributed by atoms with Gasteiger partial charge in [-0.2, -0.15) is 0 Å². The standard InChI is InChI=1S/C3H7F2NO/c4-2(5)1-3(6)7/h2-3,7H,1,6H2. The van der Waals surface area contributed by atoms with Crippen molar-refractivity contribution in [3.05, 3.63) is 0 Å². The molecule has 0 aliphatic carbocycles. The molecule has 0 saturated heterocycles. The Morgan fingerprint density at radius 2 is 2.00 bits per heavy atom. The summed E-state index contributed by atoms with van der Waals surface area (Å²) in [5, 5.41) is 8.02. The molecule has 0 fully saturated rings. The number of hydrogen-bond acceptors (Lipinski definition) is 2. The molecule has 2 nitrogen and oxygen atoms in total. The highest BCUT2D eigenvalue weighted by Crippen LogP contribution is 1.98. The quantitative estimate of drug-likeness (QED) is 0.489. The van der Waals surface area contributed by atoms with E-state index in [1.165, 1.54) is 0 Å². The zero-order valence-corrected chi connectivity index (χ0v) is 3.64. The third-order valence-electron chi connectivity index (χ3n) is 0.420. The van der Waals surface area contributed by atoms with Crippen molar-refractivity contribution in [3.8, 4) is 0 Å². The van der Waals surface area contributed by atoms with Gasteiger partial charge in [-0.1, -0.05) is 0 Å². The van der Waals surface area contributed by atoms with Crippen molar-refractivity contribution in [2.45, 2.75) is 19.1 Å². The Morgan fingerprint density at radius 1 is 1.57 bits per heavy atom. The number of rotatable bonds is 2. The maximum Gasteiger partial charge on any atom is 0.242 e. The fourth-order valence-electron chi connectivity index (χ4n) is 0.183. The highest BCUT2D eigenvalue weighted by Gasteiger charge is 2.05. The molecular formula is C3H7F2NO. The lowest BCUT2D eigenvalue weighted by atomic mass is 10.4. The Balaban J connectivity index is 2.95. The summed E-state index contributed by atoms with van der Waals surface area (Å²) in [5.41, 5.74) is 4.57. The van der Waals surface area contributed by atoms with Crippen LogP contribution in [0.1, 0.15) is 6.42 Å². The molecule has 1 atom stereocenters. The monoisotopic (exact) mass is 111 g/mol. The van der Waals surface area contributed by atoms with Gasteiger partial charge in [0.15, 0.2) is 0 Å². The molecule has 0 aliphatic rings. The summed E-state index contributed by atoms with van der Waals surface area (Å²) in [6.07, 6.45) is -4.51. The van der Waals surface area contributed by atoms with Crippen LogP contribution < -0.4 is 5.73 Å². The largest absolute Gasteiger partial charge is 0.379 e. The summed E-state index contributed by atoms with van der Waals surface area (Å²) >= 11 is 0. The summed E-state index contributed by atoms with van der Waals surface area (Å²) in [5.74, 6) is 0.